The summed E-state index contributed by atoms with van der Waals surface area (Å²) < 4.78 is 20.4. The maximum Gasteiger partial charge on any atom is 0.326 e. The second-order valence-electron chi connectivity index (χ2n) is 8.60. The number of hydrogen-bond acceptors (Lipinski definition) is 8. The molecular weight excluding hydrogens is 423 g/mol. The SMILES string of the molecule is CNc1cc(F)cc2c1[nH]c1nc(Oc3ccc(C#N)nc3)nc(N3CC4CC3CC4N)c12. The Labute approximate surface area is 188 Å². The van der Waals surface area contributed by atoms with Crippen molar-refractivity contribution in [2.75, 3.05) is 23.8 Å². The summed E-state index contributed by atoms with van der Waals surface area (Å²) in [4.78, 5) is 19.0. The van der Waals surface area contributed by atoms with Gasteiger partial charge in [0.05, 0.1) is 22.8 Å². The lowest BCUT2D eigenvalue weighted by Gasteiger charge is -2.31. The first kappa shape index (κ1) is 19.7. The van der Waals surface area contributed by atoms with Crippen molar-refractivity contribution in [1.29, 1.82) is 5.26 Å². The third-order valence-corrected chi connectivity index (χ3v) is 6.68. The van der Waals surface area contributed by atoms with Gasteiger partial charge in [0.2, 0.25) is 0 Å². The molecule has 2 fully saturated rings. The number of aromatic nitrogens is 4. The number of fused-ring (bicyclic) bond motifs is 5. The molecule has 3 unspecified atom stereocenters. The summed E-state index contributed by atoms with van der Waals surface area (Å²) in [5.41, 5.74) is 8.52. The van der Waals surface area contributed by atoms with Crippen molar-refractivity contribution < 1.29 is 9.13 Å². The van der Waals surface area contributed by atoms with Gasteiger partial charge in [-0.2, -0.15) is 15.2 Å². The van der Waals surface area contributed by atoms with E-state index in [0.29, 0.717) is 39.9 Å². The number of halogens is 1. The lowest BCUT2D eigenvalue weighted by Crippen LogP contribution is -2.41. The van der Waals surface area contributed by atoms with Crippen LogP contribution in [0.5, 0.6) is 11.8 Å². The Morgan fingerprint density at radius 3 is 2.85 bits per heavy atom. The second-order valence-corrected chi connectivity index (χ2v) is 8.60. The summed E-state index contributed by atoms with van der Waals surface area (Å²) in [6, 6.07) is 8.77. The number of aromatic amines is 1. The summed E-state index contributed by atoms with van der Waals surface area (Å²) in [5, 5.41) is 13.5. The smallest absolute Gasteiger partial charge is 0.326 e. The van der Waals surface area contributed by atoms with Gasteiger partial charge in [0.15, 0.2) is 0 Å². The number of benzene rings is 1. The molecule has 1 aliphatic heterocycles. The van der Waals surface area contributed by atoms with Crippen LogP contribution in [0.25, 0.3) is 21.9 Å². The van der Waals surface area contributed by atoms with Gasteiger partial charge in [0, 0.05) is 31.1 Å². The van der Waals surface area contributed by atoms with E-state index in [1.807, 2.05) is 6.07 Å². The largest absolute Gasteiger partial charge is 0.423 e. The molecule has 2 aliphatic rings. The van der Waals surface area contributed by atoms with Crippen molar-refractivity contribution >= 4 is 33.4 Å². The van der Waals surface area contributed by atoms with Gasteiger partial charge in [-0.3, -0.25) is 0 Å². The molecule has 166 valence electrons. The minimum atomic E-state index is -0.340. The number of nitriles is 1. The average Bonchev–Trinajstić information content (AvgIpc) is 3.50. The average molecular weight is 444 g/mol. The zero-order valence-corrected chi connectivity index (χ0v) is 17.8. The van der Waals surface area contributed by atoms with E-state index in [2.05, 4.69) is 25.2 Å². The number of rotatable bonds is 4. The molecule has 4 N–H and O–H groups in total. The normalized spacial score (nSPS) is 21.6. The fraction of sp³-hybridized carbons (Fsp3) is 0.304. The fourth-order valence-electron chi connectivity index (χ4n) is 5.14. The minimum Gasteiger partial charge on any atom is -0.423 e. The van der Waals surface area contributed by atoms with Crippen LogP contribution < -0.4 is 20.7 Å². The standard InChI is InChI=1S/C23H21FN8O/c1-27-18-6-12(24)5-16-19-21(29-20(16)18)30-23(33-15-3-2-13(8-25)28-9-15)31-22(19)32-10-11-4-14(32)7-17(11)26/h2-3,5-6,9,11,14,17,27H,4,7,10,26H2,1H3,(H,29,30,31). The van der Waals surface area contributed by atoms with Gasteiger partial charge in [-0.25, -0.2) is 9.37 Å². The van der Waals surface area contributed by atoms with Crippen molar-refractivity contribution in [2.45, 2.75) is 24.9 Å². The van der Waals surface area contributed by atoms with Crippen molar-refractivity contribution in [3.05, 3.63) is 42.0 Å². The van der Waals surface area contributed by atoms with E-state index >= 15 is 0 Å². The van der Waals surface area contributed by atoms with Crippen LogP contribution in [0.15, 0.2) is 30.5 Å². The predicted molar refractivity (Wildman–Crippen MR) is 122 cm³/mol. The van der Waals surface area contributed by atoms with Gasteiger partial charge in [0.1, 0.15) is 34.8 Å². The minimum absolute atomic E-state index is 0.147. The molecule has 3 atom stereocenters. The van der Waals surface area contributed by atoms with E-state index in [9.17, 15) is 4.39 Å². The van der Waals surface area contributed by atoms with E-state index in [4.69, 9.17) is 20.7 Å². The third-order valence-electron chi connectivity index (χ3n) is 6.68. The molecule has 0 spiro atoms. The van der Waals surface area contributed by atoms with Gasteiger partial charge in [-0.15, -0.1) is 0 Å². The summed E-state index contributed by atoms with van der Waals surface area (Å²) in [6.45, 7) is 0.788. The number of ether oxygens (including phenoxy) is 1. The maximum atomic E-state index is 14.4. The van der Waals surface area contributed by atoms with Crippen molar-refractivity contribution in [1.82, 2.24) is 19.9 Å². The Morgan fingerprint density at radius 1 is 1.30 bits per heavy atom. The zero-order valence-electron chi connectivity index (χ0n) is 17.8. The molecule has 1 aromatic carbocycles. The number of H-pyrrole nitrogens is 1. The molecule has 1 saturated heterocycles. The zero-order chi connectivity index (χ0) is 22.7. The van der Waals surface area contributed by atoms with Crippen molar-refractivity contribution in [3.63, 3.8) is 0 Å². The highest BCUT2D eigenvalue weighted by Gasteiger charge is 2.44. The van der Waals surface area contributed by atoms with Crippen LogP contribution in [0.3, 0.4) is 0 Å². The van der Waals surface area contributed by atoms with Gasteiger partial charge >= 0.3 is 6.01 Å². The Hall–Kier alpha value is -3.97. The Kier molecular flexibility index (Phi) is 4.35. The summed E-state index contributed by atoms with van der Waals surface area (Å²) in [6.07, 6.45) is 3.37. The van der Waals surface area contributed by atoms with Crippen LogP contribution in [-0.4, -0.2) is 45.6 Å². The lowest BCUT2D eigenvalue weighted by molar-refractivity contribution is 0.438. The van der Waals surface area contributed by atoms with Crippen LogP contribution in [0, 0.1) is 23.1 Å². The van der Waals surface area contributed by atoms with Gasteiger partial charge in [0.25, 0.3) is 0 Å². The Bertz CT molecular complexity index is 1420. The summed E-state index contributed by atoms with van der Waals surface area (Å²) in [7, 11) is 1.75. The molecule has 4 aromatic rings. The molecule has 6 rings (SSSR count). The number of nitrogens with zero attached hydrogens (tertiary/aromatic N) is 5. The number of nitrogens with two attached hydrogens (primary N) is 1. The summed E-state index contributed by atoms with van der Waals surface area (Å²) in [5.74, 6) is 1.19. The quantitative estimate of drug-likeness (QED) is 0.437. The maximum absolute atomic E-state index is 14.4. The fourth-order valence-corrected chi connectivity index (χ4v) is 5.14. The molecule has 0 radical (unpaired) electrons. The second kappa shape index (κ2) is 7.28. The van der Waals surface area contributed by atoms with Crippen LogP contribution in [0.4, 0.5) is 15.9 Å². The van der Waals surface area contributed by atoms with Crippen LogP contribution in [0.1, 0.15) is 18.5 Å². The molecule has 4 heterocycles. The van der Waals surface area contributed by atoms with E-state index in [1.165, 1.54) is 18.3 Å². The van der Waals surface area contributed by atoms with Gasteiger partial charge in [-0.05, 0) is 43.0 Å². The molecule has 9 nitrogen and oxygen atoms in total. The number of hydrogen-bond donors (Lipinski definition) is 3. The van der Waals surface area contributed by atoms with E-state index in [0.717, 1.165) is 30.3 Å². The molecule has 2 bridgehead atoms. The molecule has 10 heteroatoms. The van der Waals surface area contributed by atoms with E-state index in [1.54, 1.807) is 19.2 Å². The van der Waals surface area contributed by atoms with E-state index < -0.39 is 0 Å². The summed E-state index contributed by atoms with van der Waals surface area (Å²) >= 11 is 0. The predicted octanol–water partition coefficient (Wildman–Crippen LogP) is 3.28. The molecular formula is C23H21FN8O. The molecule has 1 aliphatic carbocycles. The highest BCUT2D eigenvalue weighted by Crippen LogP contribution is 2.44. The van der Waals surface area contributed by atoms with Crippen LogP contribution in [0.2, 0.25) is 0 Å². The lowest BCUT2D eigenvalue weighted by atomic mass is 10.0. The molecule has 0 amide bonds. The van der Waals surface area contributed by atoms with Gasteiger partial charge < -0.3 is 25.7 Å². The monoisotopic (exact) mass is 444 g/mol. The first-order valence-electron chi connectivity index (χ1n) is 10.8. The Morgan fingerprint density at radius 2 is 2.18 bits per heavy atom. The first-order valence-corrected chi connectivity index (χ1v) is 10.8. The number of pyridine rings is 1. The third kappa shape index (κ3) is 3.12. The number of nitrogens with one attached hydrogen (secondary N) is 2. The van der Waals surface area contributed by atoms with E-state index in [-0.39, 0.29) is 23.9 Å². The molecule has 3 aromatic heterocycles. The highest BCUT2D eigenvalue weighted by molar-refractivity contribution is 6.14. The van der Waals surface area contributed by atoms with Crippen molar-refractivity contribution in [3.8, 4) is 17.8 Å². The topological polar surface area (TPSA) is 129 Å². The number of piperidine rings is 1. The van der Waals surface area contributed by atoms with Crippen molar-refractivity contribution in [2.24, 2.45) is 11.7 Å². The highest BCUT2D eigenvalue weighted by atomic mass is 19.1. The van der Waals surface area contributed by atoms with Crippen LogP contribution >= 0.6 is 0 Å². The molecule has 33 heavy (non-hydrogen) atoms. The molecule has 1 saturated carbocycles. The Balaban J connectivity index is 1.53. The van der Waals surface area contributed by atoms with Crippen LogP contribution in [-0.2, 0) is 0 Å². The van der Waals surface area contributed by atoms with Gasteiger partial charge in [-0.1, -0.05) is 0 Å². The first-order chi connectivity index (χ1) is 16.0. The number of anilines is 2.